The van der Waals surface area contributed by atoms with Gasteiger partial charge in [0.1, 0.15) is 29.5 Å². The van der Waals surface area contributed by atoms with Crippen molar-refractivity contribution in [2.75, 3.05) is 50.1 Å². The van der Waals surface area contributed by atoms with Crippen LogP contribution in [-0.2, 0) is 0 Å². The third-order valence-electron chi connectivity index (χ3n) is 6.87. The predicted octanol–water partition coefficient (Wildman–Crippen LogP) is 3.54. The highest BCUT2D eigenvalue weighted by atomic mass is 31.2. The molecule has 0 aliphatic carbocycles. The number of nitriles is 1. The Balaban J connectivity index is 1.44. The van der Waals surface area contributed by atoms with Crippen LogP contribution in [0, 0.1) is 18.3 Å². The van der Waals surface area contributed by atoms with Crippen molar-refractivity contribution in [3.63, 3.8) is 0 Å². The van der Waals surface area contributed by atoms with Crippen molar-refractivity contribution < 1.29 is 9.84 Å². The molecule has 3 N–H and O–H groups in total. The average molecular weight is 505 g/mol. The van der Waals surface area contributed by atoms with Gasteiger partial charge in [0.05, 0.1) is 30.9 Å². The van der Waals surface area contributed by atoms with E-state index in [0.29, 0.717) is 29.4 Å². The summed E-state index contributed by atoms with van der Waals surface area (Å²) in [6, 6.07) is 10.0. The van der Waals surface area contributed by atoms with E-state index in [1.807, 2.05) is 25.1 Å². The summed E-state index contributed by atoms with van der Waals surface area (Å²) < 4.78 is 6.27. The van der Waals surface area contributed by atoms with Gasteiger partial charge < -0.3 is 25.4 Å². The highest BCUT2D eigenvalue weighted by Crippen LogP contribution is 2.58. The number of likely N-dealkylation sites (tertiary alicyclic amines) is 1. The standard InChI is InChI=1S/C26H31N7O2P/c1-17-10-22(25(29-14-17)35-20-5-8-33(2)9-6-20)32-26-28-7-4-21(31-26)18-11-19(13-27)24-23(12-18)36(3,16-34)15-30-24/h4,7,10-12,14,20,30,34H,5-6,8-9,15-16H2,1-3H3,(H,28,31,32)/q+1. The van der Waals surface area contributed by atoms with Gasteiger partial charge in [0.25, 0.3) is 0 Å². The quantitative estimate of drug-likeness (QED) is 0.433. The van der Waals surface area contributed by atoms with Gasteiger partial charge in [-0.2, -0.15) is 5.26 Å². The van der Waals surface area contributed by atoms with Crippen LogP contribution in [0.4, 0.5) is 17.3 Å². The average Bonchev–Trinajstić information content (AvgIpc) is 3.23. The van der Waals surface area contributed by atoms with Gasteiger partial charge in [0.2, 0.25) is 11.8 Å². The SMILES string of the molecule is Cc1cnc(OC2CCN(C)CC2)c(Nc2nccc(-c3cc(C#N)c4c(c3)[P+](C)(CO)CN4)n2)c1. The van der Waals surface area contributed by atoms with E-state index < -0.39 is 7.26 Å². The Labute approximate surface area is 211 Å². The van der Waals surface area contributed by atoms with Crippen molar-refractivity contribution in [2.45, 2.75) is 25.9 Å². The first-order chi connectivity index (χ1) is 17.4. The van der Waals surface area contributed by atoms with Gasteiger partial charge in [0.15, 0.2) is 6.35 Å². The summed E-state index contributed by atoms with van der Waals surface area (Å²) >= 11 is 0. The van der Waals surface area contributed by atoms with E-state index in [2.05, 4.69) is 51.3 Å². The van der Waals surface area contributed by atoms with Crippen LogP contribution in [0.5, 0.6) is 5.88 Å². The minimum Gasteiger partial charge on any atom is -0.473 e. The molecular weight excluding hydrogens is 473 g/mol. The van der Waals surface area contributed by atoms with E-state index in [1.165, 1.54) is 0 Å². The molecule has 0 spiro atoms. The molecule has 1 atom stereocenters. The molecule has 0 amide bonds. The number of benzene rings is 1. The Kier molecular flexibility index (Phi) is 6.76. The maximum Gasteiger partial charge on any atom is 0.238 e. The van der Waals surface area contributed by atoms with Crippen LogP contribution in [0.1, 0.15) is 24.0 Å². The lowest BCUT2D eigenvalue weighted by molar-refractivity contribution is 0.110. The fourth-order valence-corrected chi connectivity index (χ4v) is 6.76. The molecule has 1 unspecified atom stereocenters. The number of aryl methyl sites for hydroxylation is 1. The highest BCUT2D eigenvalue weighted by Gasteiger charge is 2.43. The van der Waals surface area contributed by atoms with Gasteiger partial charge in [-0.1, -0.05) is 0 Å². The molecule has 9 nitrogen and oxygen atoms in total. The number of aromatic nitrogens is 3. The van der Waals surface area contributed by atoms with Crippen molar-refractivity contribution in [2.24, 2.45) is 0 Å². The van der Waals surface area contributed by atoms with Gasteiger partial charge in [-0.15, -0.1) is 0 Å². The fraction of sp³-hybridized carbons (Fsp3) is 0.385. The van der Waals surface area contributed by atoms with Crippen LogP contribution in [-0.4, -0.2) is 70.5 Å². The largest absolute Gasteiger partial charge is 0.473 e. The van der Waals surface area contributed by atoms with Gasteiger partial charge in [-0.3, -0.25) is 0 Å². The summed E-state index contributed by atoms with van der Waals surface area (Å²) in [5, 5.41) is 27.5. The molecule has 0 saturated carbocycles. The minimum absolute atomic E-state index is 0.0956. The predicted molar refractivity (Wildman–Crippen MR) is 144 cm³/mol. The molecule has 2 aliphatic heterocycles. The summed E-state index contributed by atoms with van der Waals surface area (Å²) in [5.74, 6) is 0.966. The summed E-state index contributed by atoms with van der Waals surface area (Å²) in [7, 11) is 0.353. The molecule has 1 fully saturated rings. The third-order valence-corrected chi connectivity index (χ3v) is 9.86. The Morgan fingerprint density at radius 2 is 2.08 bits per heavy atom. The lowest BCUT2D eigenvalue weighted by atomic mass is 10.1. The molecule has 0 bridgehead atoms. The number of ether oxygens (including phenoxy) is 1. The monoisotopic (exact) mass is 504 g/mol. The second kappa shape index (κ2) is 9.98. The van der Waals surface area contributed by atoms with Crippen LogP contribution in [0.3, 0.4) is 0 Å². The molecule has 3 aromatic rings. The summed E-state index contributed by atoms with van der Waals surface area (Å²) in [4.78, 5) is 16.0. The van der Waals surface area contributed by atoms with Gasteiger partial charge in [-0.25, -0.2) is 15.0 Å². The van der Waals surface area contributed by atoms with Crippen molar-refractivity contribution >= 4 is 29.9 Å². The number of aliphatic hydroxyl groups is 1. The smallest absolute Gasteiger partial charge is 0.238 e. The first kappa shape index (κ1) is 24.4. The van der Waals surface area contributed by atoms with Crippen LogP contribution >= 0.6 is 7.26 Å². The second-order valence-electron chi connectivity index (χ2n) is 9.78. The molecule has 2 aromatic heterocycles. The van der Waals surface area contributed by atoms with Crippen molar-refractivity contribution in [1.82, 2.24) is 19.9 Å². The Bertz CT molecular complexity index is 1320. The topological polar surface area (TPSA) is 119 Å². The van der Waals surface area contributed by atoms with Crippen molar-refractivity contribution in [1.29, 1.82) is 5.26 Å². The van der Waals surface area contributed by atoms with Crippen LogP contribution in [0.2, 0.25) is 0 Å². The molecule has 36 heavy (non-hydrogen) atoms. The number of pyridine rings is 1. The molecule has 5 rings (SSSR count). The zero-order chi connectivity index (χ0) is 25.3. The number of hydrogen-bond acceptors (Lipinski definition) is 9. The van der Waals surface area contributed by atoms with Crippen LogP contribution < -0.4 is 20.7 Å². The Hall–Kier alpha value is -3.31. The first-order valence-electron chi connectivity index (χ1n) is 12.1. The number of fused-ring (bicyclic) bond motifs is 1. The number of nitrogens with one attached hydrogen (secondary N) is 2. The number of piperidine rings is 1. The minimum atomic E-state index is -1.77. The van der Waals surface area contributed by atoms with Crippen molar-refractivity contribution in [3.05, 3.63) is 47.8 Å². The molecule has 1 aromatic carbocycles. The fourth-order valence-electron chi connectivity index (χ4n) is 4.64. The van der Waals surface area contributed by atoms with Crippen LogP contribution in [0.25, 0.3) is 11.3 Å². The maximum atomic E-state index is 10.1. The van der Waals surface area contributed by atoms with E-state index >= 15 is 0 Å². The summed E-state index contributed by atoms with van der Waals surface area (Å²) in [6.45, 7) is 6.09. The van der Waals surface area contributed by atoms with E-state index in [4.69, 9.17) is 9.72 Å². The number of nitrogens with zero attached hydrogens (tertiary/aromatic N) is 5. The highest BCUT2D eigenvalue weighted by molar-refractivity contribution is 7.83. The zero-order valence-corrected chi connectivity index (χ0v) is 21.7. The second-order valence-corrected chi connectivity index (χ2v) is 13.7. The van der Waals surface area contributed by atoms with E-state index in [1.54, 1.807) is 12.4 Å². The van der Waals surface area contributed by atoms with E-state index in [0.717, 1.165) is 53.7 Å². The third kappa shape index (κ3) is 4.85. The summed E-state index contributed by atoms with van der Waals surface area (Å²) in [5.41, 5.74) is 4.64. The number of anilines is 3. The molecule has 10 heteroatoms. The van der Waals surface area contributed by atoms with E-state index in [9.17, 15) is 10.4 Å². The first-order valence-corrected chi connectivity index (χ1v) is 14.7. The van der Waals surface area contributed by atoms with E-state index in [-0.39, 0.29) is 12.5 Å². The Morgan fingerprint density at radius 1 is 1.28 bits per heavy atom. The number of rotatable bonds is 6. The van der Waals surface area contributed by atoms with Gasteiger partial charge in [-0.05, 0) is 56.6 Å². The number of hydrogen-bond donors (Lipinski definition) is 3. The molecule has 2 aliphatic rings. The van der Waals surface area contributed by atoms with Gasteiger partial charge in [0, 0.05) is 31.0 Å². The molecule has 0 radical (unpaired) electrons. The zero-order valence-electron chi connectivity index (χ0n) is 20.8. The molecule has 1 saturated heterocycles. The molecule has 4 heterocycles. The molecular formula is C26H31N7O2P+. The van der Waals surface area contributed by atoms with Crippen LogP contribution in [0.15, 0.2) is 36.7 Å². The van der Waals surface area contributed by atoms with Gasteiger partial charge >= 0.3 is 0 Å². The number of aliphatic hydroxyl groups excluding tert-OH is 1. The lowest BCUT2D eigenvalue weighted by Gasteiger charge is -2.29. The lowest BCUT2D eigenvalue weighted by Crippen LogP contribution is -2.35. The normalized spacial score (nSPS) is 19.9. The summed E-state index contributed by atoms with van der Waals surface area (Å²) in [6.07, 6.45) is 6.33. The Morgan fingerprint density at radius 3 is 2.83 bits per heavy atom. The molecule has 186 valence electrons. The maximum absolute atomic E-state index is 10.1. The van der Waals surface area contributed by atoms with Crippen molar-refractivity contribution in [3.8, 4) is 23.2 Å².